The van der Waals surface area contributed by atoms with Crippen molar-refractivity contribution in [2.45, 2.75) is 38.3 Å². The van der Waals surface area contributed by atoms with E-state index in [4.69, 9.17) is 9.47 Å². The lowest BCUT2D eigenvalue weighted by Crippen LogP contribution is -2.56. The number of carbonyl (C=O) groups is 3. The molecule has 0 aliphatic heterocycles. The van der Waals surface area contributed by atoms with Gasteiger partial charge in [0.25, 0.3) is 0 Å². The molecule has 29 heavy (non-hydrogen) atoms. The van der Waals surface area contributed by atoms with Gasteiger partial charge in [0.2, 0.25) is 0 Å². The third-order valence-electron chi connectivity index (χ3n) is 4.54. The average Bonchev–Trinajstić information content (AvgIpc) is 2.68. The number of allylic oxidation sites excluding steroid dienone is 1. The lowest BCUT2D eigenvalue weighted by Gasteiger charge is -2.39. The predicted octanol–water partition coefficient (Wildman–Crippen LogP) is 3.46. The fraction of sp³-hybridized carbons (Fsp3) is 0.318. The fourth-order valence-electron chi connectivity index (χ4n) is 2.85. The first kappa shape index (κ1) is 23.7. The van der Waals surface area contributed by atoms with Crippen LogP contribution in [0.4, 0.5) is 4.79 Å². The van der Waals surface area contributed by atoms with Crippen LogP contribution >= 0.6 is 0 Å². The SMILES string of the molecule is C=CC(=O)OCC(OC(=O)C=C)C(NC(=O)O)C(C)(C)c1ccc(C(=C)C)cc1. The molecule has 1 aromatic rings. The lowest BCUT2D eigenvalue weighted by atomic mass is 9.75. The molecule has 2 unspecified atom stereocenters. The number of esters is 2. The van der Waals surface area contributed by atoms with Gasteiger partial charge in [0.1, 0.15) is 6.61 Å². The van der Waals surface area contributed by atoms with E-state index in [-0.39, 0.29) is 6.61 Å². The van der Waals surface area contributed by atoms with Gasteiger partial charge >= 0.3 is 18.0 Å². The standard InChI is InChI=1S/C22H27NO6/c1-7-18(24)28-13-17(29-19(25)8-2)20(23-21(26)27)22(5,6)16-11-9-15(10-12-16)14(3)4/h7-12,17,20,23H,1-3,13H2,4-6H3,(H,26,27). The van der Waals surface area contributed by atoms with Gasteiger partial charge in [-0.15, -0.1) is 0 Å². The highest BCUT2D eigenvalue weighted by molar-refractivity contribution is 5.82. The highest BCUT2D eigenvalue weighted by atomic mass is 16.6. The van der Waals surface area contributed by atoms with Crippen molar-refractivity contribution in [3.05, 3.63) is 67.3 Å². The zero-order valence-corrected chi connectivity index (χ0v) is 16.9. The Bertz CT molecular complexity index is 794. The lowest BCUT2D eigenvalue weighted by molar-refractivity contribution is -0.155. The molecule has 0 fully saturated rings. The first-order valence-corrected chi connectivity index (χ1v) is 8.91. The third-order valence-corrected chi connectivity index (χ3v) is 4.54. The van der Waals surface area contributed by atoms with Crippen molar-refractivity contribution < 1.29 is 29.0 Å². The van der Waals surface area contributed by atoms with Gasteiger partial charge in [0, 0.05) is 17.6 Å². The molecule has 1 amide bonds. The Labute approximate surface area is 170 Å². The number of amides is 1. The van der Waals surface area contributed by atoms with E-state index in [0.717, 1.165) is 28.9 Å². The van der Waals surface area contributed by atoms with Crippen LogP contribution in [-0.2, 0) is 24.5 Å². The zero-order valence-electron chi connectivity index (χ0n) is 16.9. The van der Waals surface area contributed by atoms with Crippen molar-refractivity contribution in [1.82, 2.24) is 5.32 Å². The van der Waals surface area contributed by atoms with Gasteiger partial charge in [-0.2, -0.15) is 0 Å². The quantitative estimate of drug-likeness (QED) is 0.460. The molecule has 0 spiro atoms. The predicted molar refractivity (Wildman–Crippen MR) is 110 cm³/mol. The summed E-state index contributed by atoms with van der Waals surface area (Å²) in [5, 5.41) is 11.8. The number of hydrogen-bond donors (Lipinski definition) is 2. The molecule has 0 heterocycles. The normalized spacial score (nSPS) is 12.8. The highest BCUT2D eigenvalue weighted by Gasteiger charge is 2.41. The molecule has 0 aromatic heterocycles. The Morgan fingerprint density at radius 3 is 2.14 bits per heavy atom. The number of benzene rings is 1. The Kier molecular flexibility index (Phi) is 8.38. The van der Waals surface area contributed by atoms with Crippen molar-refractivity contribution in [1.29, 1.82) is 0 Å². The summed E-state index contributed by atoms with van der Waals surface area (Å²) in [6.07, 6.45) is -0.491. The molecule has 7 heteroatoms. The molecule has 1 rings (SSSR count). The number of carboxylic acid groups (broad SMARTS) is 1. The van der Waals surface area contributed by atoms with E-state index in [0.29, 0.717) is 0 Å². The van der Waals surface area contributed by atoms with E-state index >= 15 is 0 Å². The first-order chi connectivity index (χ1) is 13.5. The van der Waals surface area contributed by atoms with E-state index in [1.165, 1.54) is 0 Å². The maximum atomic E-state index is 11.8. The summed E-state index contributed by atoms with van der Waals surface area (Å²) < 4.78 is 10.3. The summed E-state index contributed by atoms with van der Waals surface area (Å²) in [6, 6.07) is 6.52. The Balaban J connectivity index is 3.34. The monoisotopic (exact) mass is 401 g/mol. The topological polar surface area (TPSA) is 102 Å². The van der Waals surface area contributed by atoms with Crippen LogP contribution in [0.1, 0.15) is 31.9 Å². The summed E-state index contributed by atoms with van der Waals surface area (Å²) in [5.74, 6) is -1.49. The second-order valence-electron chi connectivity index (χ2n) is 7.02. The van der Waals surface area contributed by atoms with E-state index in [2.05, 4.69) is 25.1 Å². The van der Waals surface area contributed by atoms with Crippen LogP contribution in [-0.4, -0.2) is 41.9 Å². The molecule has 0 aliphatic carbocycles. The smallest absolute Gasteiger partial charge is 0.405 e. The maximum absolute atomic E-state index is 11.8. The Morgan fingerprint density at radius 1 is 1.14 bits per heavy atom. The molecule has 156 valence electrons. The maximum Gasteiger partial charge on any atom is 0.405 e. The number of carbonyl (C=O) groups excluding carboxylic acids is 2. The summed E-state index contributed by atoms with van der Waals surface area (Å²) in [4.78, 5) is 34.8. The second kappa shape index (κ2) is 10.3. The van der Waals surface area contributed by atoms with E-state index in [9.17, 15) is 19.5 Å². The van der Waals surface area contributed by atoms with Crippen molar-refractivity contribution in [2.75, 3.05) is 6.61 Å². The molecule has 1 aromatic carbocycles. The minimum Gasteiger partial charge on any atom is -0.465 e. The van der Waals surface area contributed by atoms with Crippen LogP contribution in [0.25, 0.3) is 5.57 Å². The van der Waals surface area contributed by atoms with E-state index in [1.54, 1.807) is 13.8 Å². The van der Waals surface area contributed by atoms with Gasteiger partial charge in [-0.1, -0.05) is 63.4 Å². The molecule has 7 nitrogen and oxygen atoms in total. The van der Waals surface area contributed by atoms with Crippen molar-refractivity contribution in [2.24, 2.45) is 0 Å². The fourth-order valence-corrected chi connectivity index (χ4v) is 2.85. The van der Waals surface area contributed by atoms with Gasteiger partial charge in [0.05, 0.1) is 6.04 Å². The van der Waals surface area contributed by atoms with Crippen LogP contribution in [0.2, 0.25) is 0 Å². The minimum atomic E-state index is -1.31. The van der Waals surface area contributed by atoms with Gasteiger partial charge in [-0.3, -0.25) is 0 Å². The Hall–Kier alpha value is -3.35. The Morgan fingerprint density at radius 2 is 1.69 bits per heavy atom. The number of nitrogens with one attached hydrogen (secondary N) is 1. The van der Waals surface area contributed by atoms with Crippen LogP contribution < -0.4 is 5.32 Å². The van der Waals surface area contributed by atoms with Crippen molar-refractivity contribution >= 4 is 23.6 Å². The minimum absolute atomic E-state index is 0.358. The van der Waals surface area contributed by atoms with Gasteiger partial charge in [0.15, 0.2) is 6.10 Å². The highest BCUT2D eigenvalue weighted by Crippen LogP contribution is 2.31. The summed E-state index contributed by atoms with van der Waals surface area (Å²) in [5.41, 5.74) is 1.79. The summed E-state index contributed by atoms with van der Waals surface area (Å²) in [6.45, 7) is 15.7. The van der Waals surface area contributed by atoms with E-state index in [1.807, 2.05) is 31.2 Å². The molecular formula is C22H27NO6. The average molecular weight is 401 g/mol. The van der Waals surface area contributed by atoms with Crippen LogP contribution in [0, 0.1) is 0 Å². The van der Waals surface area contributed by atoms with Crippen LogP contribution in [0.3, 0.4) is 0 Å². The molecule has 0 bridgehead atoms. The zero-order chi connectivity index (χ0) is 22.2. The number of rotatable bonds is 10. The molecular weight excluding hydrogens is 374 g/mol. The van der Waals surface area contributed by atoms with Crippen LogP contribution in [0.15, 0.2) is 56.2 Å². The molecule has 2 N–H and O–H groups in total. The molecule has 0 aliphatic rings. The van der Waals surface area contributed by atoms with Crippen LogP contribution in [0.5, 0.6) is 0 Å². The number of hydrogen-bond acceptors (Lipinski definition) is 5. The third kappa shape index (κ3) is 6.64. The molecule has 2 atom stereocenters. The van der Waals surface area contributed by atoms with Gasteiger partial charge < -0.3 is 19.9 Å². The molecule has 0 radical (unpaired) electrons. The second-order valence-corrected chi connectivity index (χ2v) is 7.02. The van der Waals surface area contributed by atoms with Crippen molar-refractivity contribution in [3.63, 3.8) is 0 Å². The van der Waals surface area contributed by atoms with E-state index < -0.39 is 35.6 Å². The first-order valence-electron chi connectivity index (χ1n) is 8.91. The summed E-state index contributed by atoms with van der Waals surface area (Å²) >= 11 is 0. The molecule has 0 saturated heterocycles. The van der Waals surface area contributed by atoms with Gasteiger partial charge in [-0.05, 0) is 18.1 Å². The van der Waals surface area contributed by atoms with Crippen molar-refractivity contribution in [3.8, 4) is 0 Å². The number of ether oxygens (including phenoxy) is 2. The van der Waals surface area contributed by atoms with Gasteiger partial charge in [-0.25, -0.2) is 14.4 Å². The largest absolute Gasteiger partial charge is 0.465 e. The molecule has 0 saturated carbocycles. The summed E-state index contributed by atoms with van der Waals surface area (Å²) in [7, 11) is 0.